The topological polar surface area (TPSA) is 12.0 Å². The molecule has 0 heterocycles. The second kappa shape index (κ2) is 5.80. The largest absolute Gasteiger partial charge is 0.309 e. The van der Waals surface area contributed by atoms with Gasteiger partial charge in [0, 0.05) is 10.0 Å². The van der Waals surface area contributed by atoms with Crippen molar-refractivity contribution in [3.8, 4) is 0 Å². The minimum absolute atomic E-state index is 0.309. The Morgan fingerprint density at radius 2 is 1.84 bits per heavy atom. The van der Waals surface area contributed by atoms with Crippen molar-refractivity contribution >= 4 is 15.9 Å². The maximum Gasteiger partial charge on any atom is 0.128 e. The minimum atomic E-state index is -0.440. The van der Waals surface area contributed by atoms with Crippen LogP contribution in [0.5, 0.6) is 0 Å². The number of hydrogen-bond donors (Lipinski definition) is 1. The molecule has 2 rings (SSSR count). The monoisotopic (exact) mass is 325 g/mol. The molecular weight excluding hydrogens is 312 g/mol. The van der Waals surface area contributed by atoms with Gasteiger partial charge in [-0.25, -0.2) is 8.78 Å². The van der Waals surface area contributed by atoms with E-state index >= 15 is 0 Å². The van der Waals surface area contributed by atoms with Gasteiger partial charge in [0.15, 0.2) is 0 Å². The highest BCUT2D eigenvalue weighted by Gasteiger charge is 2.19. The van der Waals surface area contributed by atoms with Crippen molar-refractivity contribution in [2.45, 2.75) is 13.0 Å². The molecule has 0 saturated carbocycles. The Bertz CT molecular complexity index is 597. The van der Waals surface area contributed by atoms with Gasteiger partial charge >= 0.3 is 0 Å². The van der Waals surface area contributed by atoms with E-state index in [2.05, 4.69) is 21.2 Å². The van der Waals surface area contributed by atoms with Crippen molar-refractivity contribution in [3.63, 3.8) is 0 Å². The zero-order valence-electron chi connectivity index (χ0n) is 10.7. The summed E-state index contributed by atoms with van der Waals surface area (Å²) in [5.74, 6) is -0.857. The highest BCUT2D eigenvalue weighted by molar-refractivity contribution is 9.10. The Morgan fingerprint density at radius 1 is 1.11 bits per heavy atom. The van der Waals surface area contributed by atoms with Gasteiger partial charge in [-0.1, -0.05) is 28.1 Å². The van der Waals surface area contributed by atoms with E-state index in [1.165, 1.54) is 6.07 Å². The lowest BCUT2D eigenvalue weighted by atomic mass is 9.94. The smallest absolute Gasteiger partial charge is 0.128 e. The highest BCUT2D eigenvalue weighted by Crippen LogP contribution is 2.30. The predicted octanol–water partition coefficient (Wildman–Crippen LogP) is 4.34. The van der Waals surface area contributed by atoms with Crippen LogP contribution >= 0.6 is 15.9 Å². The molecule has 2 aromatic carbocycles. The van der Waals surface area contributed by atoms with E-state index in [0.717, 1.165) is 27.7 Å². The van der Waals surface area contributed by atoms with Crippen molar-refractivity contribution < 1.29 is 8.78 Å². The van der Waals surface area contributed by atoms with Crippen LogP contribution in [0.3, 0.4) is 0 Å². The normalized spacial score (nSPS) is 12.5. The van der Waals surface area contributed by atoms with Gasteiger partial charge in [0.1, 0.15) is 11.6 Å². The maximum absolute atomic E-state index is 13.9. The van der Waals surface area contributed by atoms with Gasteiger partial charge in [-0.2, -0.15) is 0 Å². The molecule has 0 spiro atoms. The fraction of sp³-hybridized carbons (Fsp3) is 0.200. The number of rotatable bonds is 3. The second-order valence-corrected chi connectivity index (χ2v) is 5.20. The molecule has 0 aliphatic heterocycles. The van der Waals surface area contributed by atoms with Crippen molar-refractivity contribution in [3.05, 3.63) is 69.2 Å². The van der Waals surface area contributed by atoms with Crippen LogP contribution in [0, 0.1) is 18.6 Å². The van der Waals surface area contributed by atoms with Crippen LogP contribution in [0.4, 0.5) is 8.78 Å². The molecule has 1 unspecified atom stereocenters. The molecule has 0 aromatic heterocycles. The lowest BCUT2D eigenvalue weighted by Crippen LogP contribution is -2.20. The zero-order chi connectivity index (χ0) is 14.0. The van der Waals surface area contributed by atoms with Crippen LogP contribution in [0.15, 0.2) is 40.9 Å². The van der Waals surface area contributed by atoms with E-state index < -0.39 is 11.6 Å². The quantitative estimate of drug-likeness (QED) is 0.884. The minimum Gasteiger partial charge on any atom is -0.309 e. The summed E-state index contributed by atoms with van der Waals surface area (Å²) in [6.45, 7) is 1.95. The molecule has 0 amide bonds. The Hall–Kier alpha value is -1.26. The van der Waals surface area contributed by atoms with Crippen molar-refractivity contribution in [1.82, 2.24) is 5.32 Å². The molecule has 4 heteroatoms. The van der Waals surface area contributed by atoms with E-state index in [4.69, 9.17) is 0 Å². The lowest BCUT2D eigenvalue weighted by Gasteiger charge is -2.20. The average molecular weight is 326 g/mol. The number of halogens is 3. The third-order valence-corrected chi connectivity index (χ3v) is 4.04. The molecule has 2 aromatic rings. The molecule has 0 saturated heterocycles. The van der Waals surface area contributed by atoms with E-state index in [9.17, 15) is 8.78 Å². The second-order valence-electron chi connectivity index (χ2n) is 4.34. The van der Waals surface area contributed by atoms with Gasteiger partial charge in [-0.05, 0) is 49.4 Å². The first-order valence-corrected chi connectivity index (χ1v) is 6.71. The Balaban J connectivity index is 2.56. The summed E-state index contributed by atoms with van der Waals surface area (Å²) in [7, 11) is 1.73. The van der Waals surface area contributed by atoms with Gasteiger partial charge in [-0.3, -0.25) is 0 Å². The molecule has 0 bridgehead atoms. The summed E-state index contributed by atoms with van der Waals surface area (Å²) in [6.07, 6.45) is 0. The summed E-state index contributed by atoms with van der Waals surface area (Å²) in [5, 5.41) is 3.04. The van der Waals surface area contributed by atoms with E-state index in [1.54, 1.807) is 7.05 Å². The fourth-order valence-electron chi connectivity index (χ4n) is 2.15. The maximum atomic E-state index is 13.9. The van der Waals surface area contributed by atoms with Crippen LogP contribution in [-0.4, -0.2) is 7.05 Å². The van der Waals surface area contributed by atoms with Crippen LogP contribution in [0.2, 0.25) is 0 Å². The summed E-state index contributed by atoms with van der Waals surface area (Å²) in [4.78, 5) is 0. The Morgan fingerprint density at radius 3 is 2.53 bits per heavy atom. The number of nitrogens with one attached hydrogen (secondary N) is 1. The zero-order valence-corrected chi connectivity index (χ0v) is 12.3. The summed E-state index contributed by atoms with van der Waals surface area (Å²) >= 11 is 3.45. The Labute approximate surface area is 119 Å². The molecule has 100 valence electrons. The van der Waals surface area contributed by atoms with Crippen LogP contribution in [0.1, 0.15) is 22.7 Å². The van der Waals surface area contributed by atoms with Crippen LogP contribution in [0.25, 0.3) is 0 Å². The predicted molar refractivity (Wildman–Crippen MR) is 76.1 cm³/mol. The standard InChI is InChI=1S/C15H14BrF2N/c1-9-11(4-3-5-13(9)16)15(19-2)12-8-10(17)6-7-14(12)18/h3-8,15,19H,1-2H3. The number of benzene rings is 2. The fourth-order valence-corrected chi connectivity index (χ4v) is 2.53. The SMILES string of the molecule is CNC(c1cc(F)ccc1F)c1cccc(Br)c1C. The third kappa shape index (κ3) is 2.85. The van der Waals surface area contributed by atoms with Crippen LogP contribution < -0.4 is 5.32 Å². The van der Waals surface area contributed by atoms with E-state index in [0.29, 0.717) is 5.56 Å². The van der Waals surface area contributed by atoms with Gasteiger partial charge in [0.2, 0.25) is 0 Å². The van der Waals surface area contributed by atoms with Crippen molar-refractivity contribution in [1.29, 1.82) is 0 Å². The lowest BCUT2D eigenvalue weighted by molar-refractivity contribution is 0.557. The van der Waals surface area contributed by atoms with E-state index in [1.807, 2.05) is 25.1 Å². The number of hydrogen-bond acceptors (Lipinski definition) is 1. The molecule has 0 aliphatic rings. The van der Waals surface area contributed by atoms with Crippen LogP contribution in [-0.2, 0) is 0 Å². The van der Waals surface area contributed by atoms with Gasteiger partial charge in [0.05, 0.1) is 6.04 Å². The molecule has 0 radical (unpaired) electrons. The molecule has 1 nitrogen and oxygen atoms in total. The first-order chi connectivity index (χ1) is 9.04. The first kappa shape index (κ1) is 14.2. The van der Waals surface area contributed by atoms with Gasteiger partial charge in [0.25, 0.3) is 0 Å². The van der Waals surface area contributed by atoms with Gasteiger partial charge in [-0.15, -0.1) is 0 Å². The summed E-state index contributed by atoms with van der Waals surface area (Å²) in [6, 6.07) is 8.85. The van der Waals surface area contributed by atoms with E-state index in [-0.39, 0.29) is 6.04 Å². The molecule has 19 heavy (non-hydrogen) atoms. The highest BCUT2D eigenvalue weighted by atomic mass is 79.9. The summed E-state index contributed by atoms with van der Waals surface area (Å²) < 4.78 is 28.2. The molecule has 0 aliphatic carbocycles. The molecular formula is C15H14BrF2N. The Kier molecular flexibility index (Phi) is 4.32. The van der Waals surface area contributed by atoms with Gasteiger partial charge < -0.3 is 5.32 Å². The third-order valence-electron chi connectivity index (χ3n) is 3.18. The molecule has 1 atom stereocenters. The van der Waals surface area contributed by atoms with Crippen molar-refractivity contribution in [2.75, 3.05) is 7.05 Å². The van der Waals surface area contributed by atoms with Crippen molar-refractivity contribution in [2.24, 2.45) is 0 Å². The first-order valence-electron chi connectivity index (χ1n) is 5.92. The molecule has 1 N–H and O–H groups in total. The summed E-state index contributed by atoms with van der Waals surface area (Å²) in [5.41, 5.74) is 2.23. The average Bonchev–Trinajstić information content (AvgIpc) is 2.39. The molecule has 0 fully saturated rings.